The van der Waals surface area contributed by atoms with E-state index in [1.807, 2.05) is 6.07 Å². The molecule has 0 bridgehead atoms. The highest BCUT2D eigenvalue weighted by atomic mass is 16.4. The number of hydrogen-bond acceptors (Lipinski definition) is 1. The van der Waals surface area contributed by atoms with Gasteiger partial charge < -0.3 is 9.67 Å². The van der Waals surface area contributed by atoms with Crippen LogP contribution in [0.1, 0.15) is 37.7 Å². The largest absolute Gasteiger partial charge is 0.481 e. The SMILES string of the molecule is O=C(O)CCc1ccc2ccn(CC3CCCC3)c2c1. The van der Waals surface area contributed by atoms with Crippen LogP contribution >= 0.6 is 0 Å². The van der Waals surface area contributed by atoms with Crippen molar-refractivity contribution >= 4 is 16.9 Å². The van der Waals surface area contributed by atoms with Crippen LogP contribution in [0.25, 0.3) is 10.9 Å². The summed E-state index contributed by atoms with van der Waals surface area (Å²) in [5, 5.41) is 10.0. The zero-order chi connectivity index (χ0) is 13.9. The van der Waals surface area contributed by atoms with Gasteiger partial charge in [-0.2, -0.15) is 0 Å². The van der Waals surface area contributed by atoms with E-state index in [-0.39, 0.29) is 6.42 Å². The summed E-state index contributed by atoms with van der Waals surface area (Å²) in [6.45, 7) is 1.10. The number of aryl methyl sites for hydroxylation is 1. The number of fused-ring (bicyclic) bond motifs is 1. The van der Waals surface area contributed by atoms with E-state index in [9.17, 15) is 4.79 Å². The van der Waals surface area contributed by atoms with Crippen LogP contribution in [0.15, 0.2) is 30.5 Å². The molecule has 3 heteroatoms. The Morgan fingerprint density at radius 2 is 2.05 bits per heavy atom. The van der Waals surface area contributed by atoms with Crippen LogP contribution in [0.3, 0.4) is 0 Å². The Balaban J connectivity index is 1.81. The Morgan fingerprint density at radius 3 is 2.80 bits per heavy atom. The van der Waals surface area contributed by atoms with Crippen LogP contribution in [0.4, 0.5) is 0 Å². The number of aromatic nitrogens is 1. The van der Waals surface area contributed by atoms with Crippen molar-refractivity contribution in [3.8, 4) is 0 Å². The molecular weight excluding hydrogens is 250 g/mol. The van der Waals surface area contributed by atoms with Gasteiger partial charge in [0.1, 0.15) is 0 Å². The summed E-state index contributed by atoms with van der Waals surface area (Å²) in [7, 11) is 0. The molecule has 1 aromatic carbocycles. The molecule has 2 aromatic rings. The van der Waals surface area contributed by atoms with Crippen molar-refractivity contribution in [1.82, 2.24) is 4.57 Å². The van der Waals surface area contributed by atoms with Crippen molar-refractivity contribution in [2.75, 3.05) is 0 Å². The maximum atomic E-state index is 10.7. The van der Waals surface area contributed by atoms with E-state index < -0.39 is 5.97 Å². The monoisotopic (exact) mass is 271 g/mol. The fourth-order valence-electron chi connectivity index (χ4n) is 3.27. The summed E-state index contributed by atoms with van der Waals surface area (Å²) in [4.78, 5) is 10.7. The normalized spacial score (nSPS) is 16.0. The Morgan fingerprint density at radius 1 is 1.25 bits per heavy atom. The average Bonchev–Trinajstić information content (AvgIpc) is 3.07. The van der Waals surface area contributed by atoms with Gasteiger partial charge in [0, 0.05) is 24.7 Å². The molecule has 1 heterocycles. The first-order valence-corrected chi connectivity index (χ1v) is 7.52. The lowest BCUT2D eigenvalue weighted by Crippen LogP contribution is -2.06. The molecule has 0 radical (unpaired) electrons. The molecule has 1 aliphatic rings. The van der Waals surface area contributed by atoms with Crippen LogP contribution < -0.4 is 0 Å². The van der Waals surface area contributed by atoms with Crippen molar-refractivity contribution in [1.29, 1.82) is 0 Å². The number of rotatable bonds is 5. The van der Waals surface area contributed by atoms with E-state index >= 15 is 0 Å². The number of carboxylic acids is 1. The first kappa shape index (κ1) is 13.2. The minimum absolute atomic E-state index is 0.203. The Bertz CT molecular complexity index is 608. The molecule has 3 rings (SSSR count). The topological polar surface area (TPSA) is 42.2 Å². The van der Waals surface area contributed by atoms with Gasteiger partial charge in [0.15, 0.2) is 0 Å². The first-order chi connectivity index (χ1) is 9.72. The lowest BCUT2D eigenvalue weighted by Gasteiger charge is -2.12. The van der Waals surface area contributed by atoms with Gasteiger partial charge in [-0.05, 0) is 48.3 Å². The van der Waals surface area contributed by atoms with Crippen molar-refractivity contribution in [3.63, 3.8) is 0 Å². The first-order valence-electron chi connectivity index (χ1n) is 7.52. The molecule has 1 fully saturated rings. The summed E-state index contributed by atoms with van der Waals surface area (Å²) in [6, 6.07) is 8.47. The molecule has 0 spiro atoms. The van der Waals surface area contributed by atoms with Crippen LogP contribution in [-0.4, -0.2) is 15.6 Å². The van der Waals surface area contributed by atoms with Gasteiger partial charge in [0.25, 0.3) is 0 Å². The molecule has 0 aliphatic heterocycles. The lowest BCUT2D eigenvalue weighted by molar-refractivity contribution is -0.136. The predicted molar refractivity (Wildman–Crippen MR) is 79.9 cm³/mol. The summed E-state index contributed by atoms with van der Waals surface area (Å²) in [5.74, 6) is 0.0831. The van der Waals surface area contributed by atoms with Gasteiger partial charge >= 0.3 is 5.97 Å². The standard InChI is InChI=1S/C17H21NO2/c19-17(20)8-6-13-5-7-15-9-10-18(16(15)11-13)12-14-3-1-2-4-14/h5,7,9-11,14H,1-4,6,8,12H2,(H,19,20). The third kappa shape index (κ3) is 2.87. The molecule has 0 unspecified atom stereocenters. The Hall–Kier alpha value is -1.77. The van der Waals surface area contributed by atoms with E-state index in [4.69, 9.17) is 5.11 Å². The second-order valence-corrected chi connectivity index (χ2v) is 5.91. The fourth-order valence-corrected chi connectivity index (χ4v) is 3.27. The van der Waals surface area contributed by atoms with Crippen LogP contribution in [0, 0.1) is 5.92 Å². The van der Waals surface area contributed by atoms with E-state index in [0.717, 1.165) is 18.0 Å². The van der Waals surface area contributed by atoms with Crippen molar-refractivity contribution < 1.29 is 9.90 Å². The van der Waals surface area contributed by atoms with E-state index in [1.54, 1.807) is 0 Å². The minimum atomic E-state index is -0.730. The molecule has 1 N–H and O–H groups in total. The zero-order valence-electron chi connectivity index (χ0n) is 11.7. The maximum absolute atomic E-state index is 10.7. The summed E-state index contributed by atoms with van der Waals surface area (Å²) in [5.41, 5.74) is 2.37. The molecule has 0 saturated heterocycles. The van der Waals surface area contributed by atoms with Crippen LogP contribution in [-0.2, 0) is 17.8 Å². The van der Waals surface area contributed by atoms with Gasteiger partial charge in [0.05, 0.1) is 0 Å². The predicted octanol–water partition coefficient (Wildman–Crippen LogP) is 3.85. The molecule has 106 valence electrons. The summed E-state index contributed by atoms with van der Waals surface area (Å²) in [6.07, 6.45) is 8.41. The second kappa shape index (κ2) is 5.70. The Labute approximate surface area is 119 Å². The van der Waals surface area contributed by atoms with Gasteiger partial charge in [-0.25, -0.2) is 0 Å². The molecule has 3 nitrogen and oxygen atoms in total. The maximum Gasteiger partial charge on any atom is 0.303 e. The van der Waals surface area contributed by atoms with Crippen LogP contribution in [0.5, 0.6) is 0 Å². The number of carbonyl (C=O) groups is 1. The van der Waals surface area contributed by atoms with Gasteiger partial charge in [0.2, 0.25) is 0 Å². The van der Waals surface area contributed by atoms with Crippen molar-refractivity contribution in [2.45, 2.75) is 45.1 Å². The number of carboxylic acid groups (broad SMARTS) is 1. The number of nitrogens with zero attached hydrogens (tertiary/aromatic N) is 1. The highest BCUT2D eigenvalue weighted by molar-refractivity contribution is 5.81. The molecule has 20 heavy (non-hydrogen) atoms. The lowest BCUT2D eigenvalue weighted by atomic mass is 10.1. The highest BCUT2D eigenvalue weighted by Crippen LogP contribution is 2.28. The highest BCUT2D eigenvalue weighted by Gasteiger charge is 2.16. The molecule has 0 atom stereocenters. The Kier molecular flexibility index (Phi) is 3.77. The second-order valence-electron chi connectivity index (χ2n) is 5.91. The number of hydrogen-bond donors (Lipinski definition) is 1. The molecule has 0 amide bonds. The van der Waals surface area contributed by atoms with Crippen molar-refractivity contribution in [3.05, 3.63) is 36.0 Å². The fraction of sp³-hybridized carbons (Fsp3) is 0.471. The van der Waals surface area contributed by atoms with Gasteiger partial charge in [-0.15, -0.1) is 0 Å². The van der Waals surface area contributed by atoms with E-state index in [1.165, 1.54) is 36.6 Å². The average molecular weight is 271 g/mol. The summed E-state index contributed by atoms with van der Waals surface area (Å²) < 4.78 is 2.34. The smallest absolute Gasteiger partial charge is 0.303 e. The van der Waals surface area contributed by atoms with Crippen LogP contribution in [0.2, 0.25) is 0 Å². The van der Waals surface area contributed by atoms with Crippen molar-refractivity contribution in [2.24, 2.45) is 5.92 Å². The van der Waals surface area contributed by atoms with Gasteiger partial charge in [-0.1, -0.05) is 25.0 Å². The minimum Gasteiger partial charge on any atom is -0.481 e. The van der Waals surface area contributed by atoms with E-state index in [0.29, 0.717) is 6.42 Å². The number of benzene rings is 1. The quantitative estimate of drug-likeness (QED) is 0.897. The number of aliphatic carboxylic acids is 1. The molecule has 1 aliphatic carbocycles. The molecular formula is C17H21NO2. The molecule has 1 aromatic heterocycles. The molecule has 1 saturated carbocycles. The van der Waals surface area contributed by atoms with Gasteiger partial charge in [-0.3, -0.25) is 4.79 Å². The third-order valence-corrected chi connectivity index (χ3v) is 4.40. The van der Waals surface area contributed by atoms with E-state index in [2.05, 4.69) is 29.0 Å². The summed E-state index contributed by atoms with van der Waals surface area (Å²) >= 11 is 0. The third-order valence-electron chi connectivity index (χ3n) is 4.40. The zero-order valence-corrected chi connectivity index (χ0v) is 11.7.